The molecule has 0 radical (unpaired) electrons. The maximum atomic E-state index is 12.6. The van der Waals surface area contributed by atoms with E-state index in [1.54, 1.807) is 0 Å². The van der Waals surface area contributed by atoms with Crippen molar-refractivity contribution >= 4 is 5.91 Å². The van der Waals surface area contributed by atoms with Gasteiger partial charge in [-0.25, -0.2) is 0 Å². The van der Waals surface area contributed by atoms with Crippen molar-refractivity contribution in [1.29, 1.82) is 0 Å². The summed E-state index contributed by atoms with van der Waals surface area (Å²) in [6, 6.07) is 10.5. The van der Waals surface area contributed by atoms with Crippen LogP contribution in [0.1, 0.15) is 37.8 Å². The highest BCUT2D eigenvalue weighted by Crippen LogP contribution is 2.35. The topological polar surface area (TPSA) is 32.3 Å². The molecule has 0 saturated carbocycles. The summed E-state index contributed by atoms with van der Waals surface area (Å²) in [5.41, 5.74) is 0.990. The second-order valence-electron chi connectivity index (χ2n) is 5.45. The predicted molar refractivity (Wildman–Crippen MR) is 71.2 cm³/mol. The maximum Gasteiger partial charge on any atom is 0.243 e. The van der Waals surface area contributed by atoms with Gasteiger partial charge in [0.05, 0.1) is 11.6 Å². The normalized spacial score (nSPS) is 29.2. The van der Waals surface area contributed by atoms with Gasteiger partial charge in [-0.15, -0.1) is 0 Å². The molecule has 1 spiro atoms. The number of rotatable bonds is 2. The first-order valence-electron chi connectivity index (χ1n) is 6.84. The molecule has 0 bridgehead atoms. The zero-order valence-electron chi connectivity index (χ0n) is 10.9. The van der Waals surface area contributed by atoms with Gasteiger partial charge < -0.3 is 10.2 Å². The first-order chi connectivity index (χ1) is 8.73. The standard InChI is InChI=1S/C15H20N2O/c1-12(13-6-3-2-4-7-13)17-11-9-15(14(17)18)8-5-10-16-15/h2-4,6-7,12,16H,5,8-11H2,1H3/t12-,15-/m0/s1. The van der Waals surface area contributed by atoms with Gasteiger partial charge in [-0.05, 0) is 38.3 Å². The van der Waals surface area contributed by atoms with Crippen LogP contribution in [0.5, 0.6) is 0 Å². The van der Waals surface area contributed by atoms with E-state index < -0.39 is 0 Å². The van der Waals surface area contributed by atoms with Crippen molar-refractivity contribution in [3.05, 3.63) is 35.9 Å². The van der Waals surface area contributed by atoms with Gasteiger partial charge in [0.25, 0.3) is 0 Å². The number of hydrogen-bond acceptors (Lipinski definition) is 2. The molecular formula is C15H20N2O. The fourth-order valence-corrected chi connectivity index (χ4v) is 3.28. The Hall–Kier alpha value is -1.35. The molecule has 0 unspecified atom stereocenters. The molecule has 3 rings (SSSR count). The van der Waals surface area contributed by atoms with Crippen LogP contribution in [0.15, 0.2) is 30.3 Å². The number of amides is 1. The van der Waals surface area contributed by atoms with Crippen molar-refractivity contribution in [2.45, 2.75) is 37.8 Å². The molecule has 96 valence electrons. The highest BCUT2D eigenvalue weighted by molar-refractivity contribution is 5.89. The zero-order valence-corrected chi connectivity index (χ0v) is 10.9. The van der Waals surface area contributed by atoms with Crippen LogP contribution in [0, 0.1) is 0 Å². The number of benzene rings is 1. The van der Waals surface area contributed by atoms with Gasteiger partial charge in [-0.3, -0.25) is 4.79 Å². The lowest BCUT2D eigenvalue weighted by Gasteiger charge is -2.28. The monoisotopic (exact) mass is 244 g/mol. The Bertz CT molecular complexity index is 437. The van der Waals surface area contributed by atoms with Gasteiger partial charge in [0.15, 0.2) is 0 Å². The summed E-state index contributed by atoms with van der Waals surface area (Å²) in [4.78, 5) is 14.6. The zero-order chi connectivity index (χ0) is 12.6. The number of nitrogens with one attached hydrogen (secondary N) is 1. The molecule has 0 aliphatic carbocycles. The van der Waals surface area contributed by atoms with Crippen molar-refractivity contribution in [2.75, 3.05) is 13.1 Å². The van der Waals surface area contributed by atoms with E-state index >= 15 is 0 Å². The van der Waals surface area contributed by atoms with E-state index in [1.165, 1.54) is 5.56 Å². The van der Waals surface area contributed by atoms with Crippen LogP contribution < -0.4 is 5.32 Å². The maximum absolute atomic E-state index is 12.6. The smallest absolute Gasteiger partial charge is 0.243 e. The highest BCUT2D eigenvalue weighted by Gasteiger charge is 2.49. The summed E-state index contributed by atoms with van der Waals surface area (Å²) < 4.78 is 0. The summed E-state index contributed by atoms with van der Waals surface area (Å²) in [7, 11) is 0. The quantitative estimate of drug-likeness (QED) is 0.864. The van der Waals surface area contributed by atoms with Crippen LogP contribution in [0.25, 0.3) is 0 Å². The fourth-order valence-electron chi connectivity index (χ4n) is 3.28. The number of nitrogens with zero attached hydrogens (tertiary/aromatic N) is 1. The lowest BCUT2D eigenvalue weighted by molar-refractivity contribution is -0.134. The molecule has 2 aliphatic heterocycles. The van der Waals surface area contributed by atoms with Crippen molar-refractivity contribution in [3.63, 3.8) is 0 Å². The van der Waals surface area contributed by atoms with Crippen LogP contribution in [0.2, 0.25) is 0 Å². The minimum atomic E-state index is -0.233. The second-order valence-corrected chi connectivity index (χ2v) is 5.45. The predicted octanol–water partition coefficient (Wildman–Crippen LogP) is 2.10. The molecule has 1 N–H and O–H groups in total. The van der Waals surface area contributed by atoms with Gasteiger partial charge in [0.2, 0.25) is 5.91 Å². The van der Waals surface area contributed by atoms with E-state index in [9.17, 15) is 4.79 Å². The van der Waals surface area contributed by atoms with Gasteiger partial charge in [0.1, 0.15) is 0 Å². The molecule has 1 amide bonds. The Kier molecular flexibility index (Phi) is 2.86. The average Bonchev–Trinajstić information content (AvgIpc) is 3.01. The number of hydrogen-bond donors (Lipinski definition) is 1. The summed E-state index contributed by atoms with van der Waals surface area (Å²) in [5.74, 6) is 0.302. The van der Waals surface area contributed by atoms with Gasteiger partial charge in [0, 0.05) is 6.54 Å². The number of carbonyl (C=O) groups excluding carboxylic acids is 1. The SMILES string of the molecule is C[C@@H](c1ccccc1)N1CC[C@@]2(CCCN2)C1=O. The van der Waals surface area contributed by atoms with Crippen LogP contribution in [-0.2, 0) is 4.79 Å². The van der Waals surface area contributed by atoms with Gasteiger partial charge >= 0.3 is 0 Å². The van der Waals surface area contributed by atoms with Crippen LogP contribution in [-0.4, -0.2) is 29.4 Å². The van der Waals surface area contributed by atoms with Crippen molar-refractivity contribution in [3.8, 4) is 0 Å². The minimum absolute atomic E-state index is 0.181. The summed E-state index contributed by atoms with van der Waals surface area (Å²) >= 11 is 0. The fraction of sp³-hybridized carbons (Fsp3) is 0.533. The molecule has 2 atom stereocenters. The molecule has 0 aromatic heterocycles. The van der Waals surface area contributed by atoms with Crippen molar-refractivity contribution in [1.82, 2.24) is 10.2 Å². The van der Waals surface area contributed by atoms with Crippen molar-refractivity contribution < 1.29 is 4.79 Å². The minimum Gasteiger partial charge on any atom is -0.334 e. The molecule has 2 aliphatic rings. The van der Waals surface area contributed by atoms with E-state index in [4.69, 9.17) is 0 Å². The Morgan fingerprint density at radius 3 is 2.72 bits per heavy atom. The van der Waals surface area contributed by atoms with E-state index in [2.05, 4.69) is 24.4 Å². The molecule has 3 nitrogen and oxygen atoms in total. The number of carbonyl (C=O) groups is 1. The highest BCUT2D eigenvalue weighted by atomic mass is 16.2. The van der Waals surface area contributed by atoms with Crippen LogP contribution >= 0.6 is 0 Å². The van der Waals surface area contributed by atoms with E-state index in [0.29, 0.717) is 5.91 Å². The molecule has 2 heterocycles. The Morgan fingerprint density at radius 2 is 2.06 bits per heavy atom. The first kappa shape index (κ1) is 11.7. The van der Waals surface area contributed by atoms with Crippen LogP contribution in [0.3, 0.4) is 0 Å². The first-order valence-corrected chi connectivity index (χ1v) is 6.84. The number of likely N-dealkylation sites (tertiary alicyclic amines) is 1. The molecule has 2 saturated heterocycles. The van der Waals surface area contributed by atoms with Gasteiger partial charge in [-0.1, -0.05) is 30.3 Å². The summed E-state index contributed by atoms with van der Waals surface area (Å²) in [6.45, 7) is 3.99. The Balaban J connectivity index is 1.80. The van der Waals surface area contributed by atoms with Gasteiger partial charge in [-0.2, -0.15) is 0 Å². The largest absolute Gasteiger partial charge is 0.334 e. The Labute approximate surface area is 108 Å². The molecule has 1 aromatic carbocycles. The summed E-state index contributed by atoms with van der Waals surface area (Å²) in [5, 5.41) is 3.43. The molecular weight excluding hydrogens is 224 g/mol. The van der Waals surface area contributed by atoms with E-state index in [-0.39, 0.29) is 11.6 Å². The summed E-state index contributed by atoms with van der Waals surface area (Å²) in [6.07, 6.45) is 3.09. The molecule has 3 heteroatoms. The van der Waals surface area contributed by atoms with Crippen molar-refractivity contribution in [2.24, 2.45) is 0 Å². The average molecular weight is 244 g/mol. The van der Waals surface area contributed by atoms with Crippen LogP contribution in [0.4, 0.5) is 0 Å². The van der Waals surface area contributed by atoms with E-state index in [1.807, 2.05) is 23.1 Å². The third-order valence-corrected chi connectivity index (χ3v) is 4.44. The molecule has 18 heavy (non-hydrogen) atoms. The third kappa shape index (κ3) is 1.74. The molecule has 1 aromatic rings. The molecule has 2 fully saturated rings. The second kappa shape index (κ2) is 4.39. The lowest BCUT2D eigenvalue weighted by atomic mass is 9.96. The van der Waals surface area contributed by atoms with E-state index in [0.717, 1.165) is 32.4 Å². The lowest BCUT2D eigenvalue weighted by Crippen LogP contribution is -2.47. The Morgan fingerprint density at radius 1 is 1.28 bits per heavy atom. The third-order valence-electron chi connectivity index (χ3n) is 4.44.